The van der Waals surface area contributed by atoms with Crippen molar-refractivity contribution in [3.8, 4) is 11.1 Å². The maximum atomic E-state index is 13.0. The van der Waals surface area contributed by atoms with E-state index in [0.717, 1.165) is 43.5 Å². The Kier molecular flexibility index (Phi) is 5.82. The largest absolute Gasteiger partial charge is 0.348 e. The summed E-state index contributed by atoms with van der Waals surface area (Å²) in [6.45, 7) is 2.71. The Morgan fingerprint density at radius 3 is 2.41 bits per heavy atom. The van der Waals surface area contributed by atoms with Gasteiger partial charge in [0.1, 0.15) is 0 Å². The summed E-state index contributed by atoms with van der Waals surface area (Å²) < 4.78 is 0. The van der Waals surface area contributed by atoms with Gasteiger partial charge in [-0.15, -0.1) is 0 Å². The summed E-state index contributed by atoms with van der Waals surface area (Å²) in [4.78, 5) is 26.9. The normalized spacial score (nSPS) is 16.5. The Morgan fingerprint density at radius 2 is 1.62 bits per heavy atom. The topological polar surface area (TPSA) is 49.4 Å². The molecule has 146 valence electrons. The summed E-state index contributed by atoms with van der Waals surface area (Å²) >= 11 is 0. The van der Waals surface area contributed by atoms with E-state index >= 15 is 0 Å². The summed E-state index contributed by atoms with van der Waals surface area (Å²) in [6, 6.07) is 25.4. The lowest BCUT2D eigenvalue weighted by molar-refractivity contribution is 0.0938. The van der Waals surface area contributed by atoms with Gasteiger partial charge in [0.15, 0.2) is 6.29 Å². The number of hydrogen-bond acceptors (Lipinski definition) is 3. The van der Waals surface area contributed by atoms with E-state index in [1.807, 2.05) is 48.5 Å². The van der Waals surface area contributed by atoms with Crippen LogP contribution in [0.1, 0.15) is 32.7 Å². The van der Waals surface area contributed by atoms with E-state index in [0.29, 0.717) is 11.1 Å². The van der Waals surface area contributed by atoms with Gasteiger partial charge in [0.25, 0.3) is 5.91 Å². The monoisotopic (exact) mass is 384 g/mol. The van der Waals surface area contributed by atoms with Crippen molar-refractivity contribution in [1.29, 1.82) is 0 Å². The summed E-state index contributed by atoms with van der Waals surface area (Å²) in [7, 11) is 0. The van der Waals surface area contributed by atoms with Crippen LogP contribution in [-0.4, -0.2) is 36.2 Å². The van der Waals surface area contributed by atoms with Crippen molar-refractivity contribution in [3.63, 3.8) is 0 Å². The number of likely N-dealkylation sites (tertiary alicyclic amines) is 1. The molecule has 1 amide bonds. The molecule has 29 heavy (non-hydrogen) atoms. The first-order chi connectivity index (χ1) is 14.2. The minimum atomic E-state index is -0.0899. The average molecular weight is 384 g/mol. The molecule has 1 N–H and O–H groups in total. The van der Waals surface area contributed by atoms with Crippen molar-refractivity contribution in [2.75, 3.05) is 13.1 Å². The lowest BCUT2D eigenvalue weighted by Gasteiger charge is -2.18. The highest BCUT2D eigenvalue weighted by Gasteiger charge is 2.25. The van der Waals surface area contributed by atoms with E-state index in [-0.39, 0.29) is 11.9 Å². The summed E-state index contributed by atoms with van der Waals surface area (Å²) in [5.41, 5.74) is 4.04. The molecule has 0 spiro atoms. The molecule has 4 heteroatoms. The number of aldehydes is 1. The average Bonchev–Trinajstić information content (AvgIpc) is 3.21. The Hall–Kier alpha value is -3.24. The smallest absolute Gasteiger partial charge is 0.252 e. The van der Waals surface area contributed by atoms with Gasteiger partial charge >= 0.3 is 0 Å². The molecule has 0 radical (unpaired) electrons. The Balaban J connectivity index is 1.47. The molecule has 1 aliphatic heterocycles. The Labute approximate surface area is 171 Å². The van der Waals surface area contributed by atoms with E-state index in [4.69, 9.17) is 0 Å². The van der Waals surface area contributed by atoms with Crippen LogP contribution < -0.4 is 5.32 Å². The third-order valence-corrected chi connectivity index (χ3v) is 5.41. The molecule has 1 fully saturated rings. The van der Waals surface area contributed by atoms with E-state index in [1.165, 1.54) is 5.56 Å². The van der Waals surface area contributed by atoms with Gasteiger partial charge in [-0.05, 0) is 29.2 Å². The van der Waals surface area contributed by atoms with Gasteiger partial charge in [-0.1, -0.05) is 72.8 Å². The molecular weight excluding hydrogens is 360 g/mol. The highest BCUT2D eigenvalue weighted by molar-refractivity contribution is 6.03. The van der Waals surface area contributed by atoms with Gasteiger partial charge in [-0.25, -0.2) is 0 Å². The number of hydrogen-bond donors (Lipinski definition) is 1. The molecule has 0 saturated carbocycles. The Morgan fingerprint density at radius 1 is 0.931 bits per heavy atom. The fraction of sp³-hybridized carbons (Fsp3) is 0.200. The van der Waals surface area contributed by atoms with Gasteiger partial charge in [-0.2, -0.15) is 0 Å². The van der Waals surface area contributed by atoms with E-state index in [1.54, 1.807) is 6.07 Å². The van der Waals surface area contributed by atoms with Crippen molar-refractivity contribution in [1.82, 2.24) is 10.2 Å². The lowest BCUT2D eigenvalue weighted by Crippen LogP contribution is -2.37. The van der Waals surface area contributed by atoms with Gasteiger partial charge in [-0.3, -0.25) is 14.5 Å². The minimum absolute atomic E-state index is 0.0899. The van der Waals surface area contributed by atoms with Crippen molar-refractivity contribution in [2.45, 2.75) is 19.0 Å². The molecule has 1 heterocycles. The molecule has 3 aromatic carbocycles. The molecule has 4 rings (SSSR count). The van der Waals surface area contributed by atoms with Crippen molar-refractivity contribution >= 4 is 12.2 Å². The first-order valence-electron chi connectivity index (χ1n) is 9.95. The quantitative estimate of drug-likeness (QED) is 0.649. The second-order valence-corrected chi connectivity index (χ2v) is 7.43. The standard InChI is InChI=1S/C25H24N2O2/c28-18-20-10-4-5-11-22(20)23-12-6-7-13-24(23)25(29)26-21-14-15-27(17-21)16-19-8-2-1-3-9-19/h1-13,18,21H,14-17H2,(H,26,29). The van der Waals surface area contributed by atoms with Crippen LogP contribution in [0.25, 0.3) is 11.1 Å². The van der Waals surface area contributed by atoms with Crippen LogP contribution in [0.2, 0.25) is 0 Å². The Bertz CT molecular complexity index is 1000. The minimum Gasteiger partial charge on any atom is -0.348 e. The first kappa shape index (κ1) is 19.1. The number of amides is 1. The first-order valence-corrected chi connectivity index (χ1v) is 9.95. The summed E-state index contributed by atoms with van der Waals surface area (Å²) in [5, 5.41) is 3.19. The van der Waals surface area contributed by atoms with Crippen molar-refractivity contribution in [3.05, 3.63) is 95.6 Å². The maximum absolute atomic E-state index is 13.0. The van der Waals surface area contributed by atoms with Crippen LogP contribution >= 0.6 is 0 Å². The van der Waals surface area contributed by atoms with E-state index < -0.39 is 0 Å². The molecule has 4 nitrogen and oxygen atoms in total. The zero-order chi connectivity index (χ0) is 20.1. The zero-order valence-electron chi connectivity index (χ0n) is 16.3. The highest BCUT2D eigenvalue weighted by Crippen LogP contribution is 2.26. The van der Waals surface area contributed by atoms with Gasteiger partial charge in [0, 0.05) is 36.8 Å². The third-order valence-electron chi connectivity index (χ3n) is 5.41. The van der Waals surface area contributed by atoms with Gasteiger partial charge in [0.05, 0.1) is 0 Å². The number of rotatable bonds is 6. The van der Waals surface area contributed by atoms with Crippen LogP contribution in [0.5, 0.6) is 0 Å². The van der Waals surface area contributed by atoms with Crippen LogP contribution in [-0.2, 0) is 6.54 Å². The number of carbonyl (C=O) groups is 2. The molecule has 1 unspecified atom stereocenters. The highest BCUT2D eigenvalue weighted by atomic mass is 16.1. The molecule has 3 aromatic rings. The van der Waals surface area contributed by atoms with Crippen LogP contribution in [0.3, 0.4) is 0 Å². The number of nitrogens with zero attached hydrogens (tertiary/aromatic N) is 1. The molecule has 0 bridgehead atoms. The summed E-state index contributed by atoms with van der Waals surface area (Å²) in [5.74, 6) is -0.0899. The molecule has 1 atom stereocenters. The number of nitrogens with one attached hydrogen (secondary N) is 1. The maximum Gasteiger partial charge on any atom is 0.252 e. The fourth-order valence-corrected chi connectivity index (χ4v) is 3.96. The molecule has 0 aliphatic carbocycles. The number of benzene rings is 3. The molecule has 1 aliphatic rings. The lowest BCUT2D eigenvalue weighted by atomic mass is 9.95. The second kappa shape index (κ2) is 8.84. The predicted octanol–water partition coefficient (Wildman–Crippen LogP) is 4.17. The number of carbonyl (C=O) groups excluding carboxylic acids is 2. The SMILES string of the molecule is O=Cc1ccccc1-c1ccccc1C(=O)NC1CCN(Cc2ccccc2)C1. The van der Waals surface area contributed by atoms with Gasteiger partial charge in [0.2, 0.25) is 0 Å². The van der Waals surface area contributed by atoms with Crippen LogP contribution in [0.4, 0.5) is 0 Å². The molecule has 1 saturated heterocycles. The van der Waals surface area contributed by atoms with E-state index in [9.17, 15) is 9.59 Å². The second-order valence-electron chi connectivity index (χ2n) is 7.43. The van der Waals surface area contributed by atoms with Gasteiger partial charge < -0.3 is 5.32 Å². The fourth-order valence-electron chi connectivity index (χ4n) is 3.96. The van der Waals surface area contributed by atoms with Crippen LogP contribution in [0.15, 0.2) is 78.9 Å². The van der Waals surface area contributed by atoms with Crippen molar-refractivity contribution < 1.29 is 9.59 Å². The predicted molar refractivity (Wildman–Crippen MR) is 115 cm³/mol. The van der Waals surface area contributed by atoms with E-state index in [2.05, 4.69) is 34.5 Å². The summed E-state index contributed by atoms with van der Waals surface area (Å²) in [6.07, 6.45) is 1.77. The third kappa shape index (κ3) is 4.44. The van der Waals surface area contributed by atoms with Crippen LogP contribution in [0, 0.1) is 0 Å². The molecular formula is C25H24N2O2. The molecule has 0 aromatic heterocycles. The zero-order valence-corrected chi connectivity index (χ0v) is 16.3. The van der Waals surface area contributed by atoms with Crippen molar-refractivity contribution in [2.24, 2.45) is 0 Å².